The lowest BCUT2D eigenvalue weighted by Gasteiger charge is -2.08. The lowest BCUT2D eigenvalue weighted by Crippen LogP contribution is -2.21. The Morgan fingerprint density at radius 1 is 1.24 bits per heavy atom. The molecule has 110 valence electrons. The van der Waals surface area contributed by atoms with E-state index in [9.17, 15) is 10.1 Å². The molecule has 0 fully saturated rings. The fourth-order valence-corrected chi connectivity index (χ4v) is 1.65. The van der Waals surface area contributed by atoms with Crippen LogP contribution in [0.1, 0.15) is 19.4 Å². The standard InChI is InChI=1S/C15H17N3O3/c1-11(2)16-9-12-3-8-15(17-10-12)21-14-6-4-13(5-7-14)18(19)20/h3-8,10-11,16H,9H2,1-2H3. The number of hydrogen-bond acceptors (Lipinski definition) is 5. The Labute approximate surface area is 122 Å². The molecule has 1 N–H and O–H groups in total. The van der Waals surface area contributed by atoms with Gasteiger partial charge in [0.1, 0.15) is 5.75 Å². The van der Waals surface area contributed by atoms with Crippen molar-refractivity contribution in [3.63, 3.8) is 0 Å². The van der Waals surface area contributed by atoms with E-state index in [2.05, 4.69) is 24.1 Å². The first-order valence-electron chi connectivity index (χ1n) is 6.65. The van der Waals surface area contributed by atoms with Crippen LogP contribution >= 0.6 is 0 Å². The number of pyridine rings is 1. The lowest BCUT2D eigenvalue weighted by molar-refractivity contribution is -0.384. The highest BCUT2D eigenvalue weighted by Gasteiger charge is 2.05. The predicted octanol–water partition coefficient (Wildman–Crippen LogP) is 3.28. The molecule has 0 aliphatic heterocycles. The summed E-state index contributed by atoms with van der Waals surface area (Å²) in [6, 6.07) is 10.0. The van der Waals surface area contributed by atoms with Crippen LogP contribution in [-0.2, 0) is 6.54 Å². The average molecular weight is 287 g/mol. The van der Waals surface area contributed by atoms with E-state index in [-0.39, 0.29) is 5.69 Å². The maximum Gasteiger partial charge on any atom is 0.269 e. The van der Waals surface area contributed by atoms with Gasteiger partial charge < -0.3 is 10.1 Å². The Bertz CT molecular complexity index is 595. The summed E-state index contributed by atoms with van der Waals surface area (Å²) < 4.78 is 5.54. The molecule has 0 bridgehead atoms. The minimum atomic E-state index is -0.446. The van der Waals surface area contributed by atoms with Crippen LogP contribution in [0.5, 0.6) is 11.6 Å². The molecule has 0 aliphatic rings. The molecule has 0 saturated carbocycles. The molecule has 0 saturated heterocycles. The fraction of sp³-hybridized carbons (Fsp3) is 0.267. The number of nitrogens with zero attached hydrogens (tertiary/aromatic N) is 2. The van der Waals surface area contributed by atoms with Crippen LogP contribution in [0.4, 0.5) is 5.69 Å². The van der Waals surface area contributed by atoms with Crippen LogP contribution in [0, 0.1) is 10.1 Å². The molecule has 6 nitrogen and oxygen atoms in total. The van der Waals surface area contributed by atoms with E-state index in [0.717, 1.165) is 12.1 Å². The molecule has 0 radical (unpaired) electrons. The van der Waals surface area contributed by atoms with Crippen LogP contribution in [0.15, 0.2) is 42.6 Å². The Kier molecular flexibility index (Phi) is 4.84. The van der Waals surface area contributed by atoms with E-state index in [1.165, 1.54) is 12.1 Å². The van der Waals surface area contributed by atoms with Crippen LogP contribution in [0.25, 0.3) is 0 Å². The van der Waals surface area contributed by atoms with Crippen molar-refractivity contribution in [1.82, 2.24) is 10.3 Å². The second-order valence-electron chi connectivity index (χ2n) is 4.89. The number of aromatic nitrogens is 1. The summed E-state index contributed by atoms with van der Waals surface area (Å²) in [5.74, 6) is 0.971. The van der Waals surface area contributed by atoms with Gasteiger partial charge in [-0.2, -0.15) is 0 Å². The molecule has 0 amide bonds. The molecule has 0 atom stereocenters. The molecule has 2 rings (SSSR count). The molecular formula is C15H17N3O3. The van der Waals surface area contributed by atoms with E-state index in [1.807, 2.05) is 6.07 Å². The minimum Gasteiger partial charge on any atom is -0.439 e. The zero-order valence-corrected chi connectivity index (χ0v) is 11.9. The van der Waals surface area contributed by atoms with Crippen molar-refractivity contribution in [2.24, 2.45) is 0 Å². The van der Waals surface area contributed by atoms with Crippen molar-refractivity contribution in [3.05, 3.63) is 58.3 Å². The molecule has 21 heavy (non-hydrogen) atoms. The number of rotatable bonds is 6. The minimum absolute atomic E-state index is 0.0328. The maximum atomic E-state index is 10.6. The number of non-ortho nitro benzene ring substituents is 1. The van der Waals surface area contributed by atoms with Crippen LogP contribution in [0.2, 0.25) is 0 Å². The van der Waals surface area contributed by atoms with Gasteiger partial charge in [-0.15, -0.1) is 0 Å². The molecule has 1 aromatic heterocycles. The van der Waals surface area contributed by atoms with Crippen LogP contribution in [-0.4, -0.2) is 15.9 Å². The van der Waals surface area contributed by atoms with E-state index in [4.69, 9.17) is 4.74 Å². The third kappa shape index (κ3) is 4.54. The van der Waals surface area contributed by atoms with E-state index in [0.29, 0.717) is 17.7 Å². The van der Waals surface area contributed by atoms with Gasteiger partial charge in [-0.05, 0) is 17.7 Å². The van der Waals surface area contributed by atoms with Crippen LogP contribution in [0.3, 0.4) is 0 Å². The second-order valence-corrected chi connectivity index (χ2v) is 4.89. The van der Waals surface area contributed by atoms with Gasteiger partial charge in [0.2, 0.25) is 5.88 Å². The topological polar surface area (TPSA) is 77.3 Å². The van der Waals surface area contributed by atoms with Crippen LogP contribution < -0.4 is 10.1 Å². The Morgan fingerprint density at radius 3 is 2.48 bits per heavy atom. The molecule has 2 aromatic rings. The summed E-state index contributed by atoms with van der Waals surface area (Å²) >= 11 is 0. The highest BCUT2D eigenvalue weighted by atomic mass is 16.6. The predicted molar refractivity (Wildman–Crippen MR) is 79.4 cm³/mol. The van der Waals surface area contributed by atoms with Crippen molar-refractivity contribution >= 4 is 5.69 Å². The summed E-state index contributed by atoms with van der Waals surface area (Å²) in [6.45, 7) is 4.92. The first-order chi connectivity index (χ1) is 10.0. The normalized spacial score (nSPS) is 10.6. The van der Waals surface area contributed by atoms with Crippen molar-refractivity contribution < 1.29 is 9.66 Å². The van der Waals surface area contributed by atoms with Gasteiger partial charge in [0, 0.05) is 37.0 Å². The quantitative estimate of drug-likeness (QED) is 0.651. The molecule has 0 unspecified atom stereocenters. The summed E-state index contributed by atoms with van der Waals surface area (Å²) in [4.78, 5) is 14.3. The second kappa shape index (κ2) is 6.81. The molecule has 1 heterocycles. The average Bonchev–Trinajstić information content (AvgIpc) is 2.47. The Balaban J connectivity index is 1.98. The van der Waals surface area contributed by atoms with Crippen molar-refractivity contribution in [2.75, 3.05) is 0 Å². The van der Waals surface area contributed by atoms with Gasteiger partial charge >= 0.3 is 0 Å². The zero-order valence-electron chi connectivity index (χ0n) is 11.9. The Hall–Kier alpha value is -2.47. The number of nitro benzene ring substituents is 1. The molecular weight excluding hydrogens is 270 g/mol. The van der Waals surface area contributed by atoms with Gasteiger partial charge in [-0.25, -0.2) is 4.98 Å². The number of hydrogen-bond donors (Lipinski definition) is 1. The maximum absolute atomic E-state index is 10.6. The summed E-state index contributed by atoms with van der Waals surface area (Å²) in [5.41, 5.74) is 1.10. The van der Waals surface area contributed by atoms with Crippen molar-refractivity contribution in [1.29, 1.82) is 0 Å². The smallest absolute Gasteiger partial charge is 0.269 e. The van der Waals surface area contributed by atoms with Crippen molar-refractivity contribution in [2.45, 2.75) is 26.4 Å². The number of nitrogens with one attached hydrogen (secondary N) is 1. The monoisotopic (exact) mass is 287 g/mol. The van der Waals surface area contributed by atoms with Gasteiger partial charge in [0.05, 0.1) is 4.92 Å². The largest absolute Gasteiger partial charge is 0.439 e. The molecule has 1 aromatic carbocycles. The first-order valence-corrected chi connectivity index (χ1v) is 6.65. The number of ether oxygens (including phenoxy) is 1. The number of benzene rings is 1. The lowest BCUT2D eigenvalue weighted by atomic mass is 10.2. The highest BCUT2D eigenvalue weighted by Crippen LogP contribution is 2.22. The van der Waals surface area contributed by atoms with Gasteiger partial charge in [0.15, 0.2) is 0 Å². The third-order valence-corrected chi connectivity index (χ3v) is 2.78. The van der Waals surface area contributed by atoms with Gasteiger partial charge in [-0.1, -0.05) is 19.9 Å². The van der Waals surface area contributed by atoms with Gasteiger partial charge in [-0.3, -0.25) is 10.1 Å². The first kappa shape index (κ1) is 14.9. The zero-order chi connectivity index (χ0) is 15.2. The Morgan fingerprint density at radius 2 is 1.95 bits per heavy atom. The fourth-order valence-electron chi connectivity index (χ4n) is 1.65. The van der Waals surface area contributed by atoms with Crippen molar-refractivity contribution in [3.8, 4) is 11.6 Å². The third-order valence-electron chi connectivity index (χ3n) is 2.78. The molecule has 0 aliphatic carbocycles. The SMILES string of the molecule is CC(C)NCc1ccc(Oc2ccc([N+](=O)[O-])cc2)nc1. The number of nitro groups is 1. The van der Waals surface area contributed by atoms with Gasteiger partial charge in [0.25, 0.3) is 5.69 Å². The van der Waals surface area contributed by atoms with E-state index < -0.39 is 4.92 Å². The molecule has 6 heteroatoms. The van der Waals surface area contributed by atoms with E-state index in [1.54, 1.807) is 24.4 Å². The summed E-state index contributed by atoms with van der Waals surface area (Å²) in [6.07, 6.45) is 1.75. The molecule has 0 spiro atoms. The highest BCUT2D eigenvalue weighted by molar-refractivity contribution is 5.37. The van der Waals surface area contributed by atoms with E-state index >= 15 is 0 Å². The summed E-state index contributed by atoms with van der Waals surface area (Å²) in [5, 5.41) is 13.9. The summed E-state index contributed by atoms with van der Waals surface area (Å²) in [7, 11) is 0.